The van der Waals surface area contributed by atoms with Gasteiger partial charge in [-0.2, -0.15) is 8.42 Å². The van der Waals surface area contributed by atoms with Gasteiger partial charge in [0, 0.05) is 5.69 Å². The molecule has 1 atom stereocenters. The van der Waals surface area contributed by atoms with Crippen molar-refractivity contribution in [2.75, 3.05) is 10.7 Å². The number of rotatable bonds is 4. The molecular formula is C21H18NNaO4S. The number of anilines is 2. The Hall–Kier alpha value is -1.96. The molecule has 0 radical (unpaired) electrons. The third-order valence-corrected chi connectivity index (χ3v) is 5.65. The molecule has 7 heteroatoms. The second-order valence-electron chi connectivity index (χ2n) is 6.49. The SMILES string of the molecule is O=C1N(c2ccccc2)c2ccccc2C1(CS(=O)(=O)O)c1ccccc1.[H-].[Na+]. The number of hydrogen-bond donors (Lipinski definition) is 1. The van der Waals surface area contributed by atoms with Gasteiger partial charge in [0.25, 0.3) is 10.1 Å². The van der Waals surface area contributed by atoms with Gasteiger partial charge < -0.3 is 1.43 Å². The first-order valence-corrected chi connectivity index (χ1v) is 10.0. The molecule has 4 rings (SSSR count). The predicted octanol–water partition coefficient (Wildman–Crippen LogP) is 0.655. The second-order valence-corrected chi connectivity index (χ2v) is 7.94. The van der Waals surface area contributed by atoms with E-state index in [4.69, 9.17) is 0 Å². The van der Waals surface area contributed by atoms with Gasteiger partial charge in [-0.25, -0.2) is 0 Å². The largest absolute Gasteiger partial charge is 1.00 e. The first-order chi connectivity index (χ1) is 12.9. The van der Waals surface area contributed by atoms with E-state index in [1.165, 1.54) is 4.90 Å². The number of fused-ring (bicyclic) bond motifs is 1. The predicted molar refractivity (Wildman–Crippen MR) is 105 cm³/mol. The van der Waals surface area contributed by atoms with Gasteiger partial charge in [0.15, 0.2) is 0 Å². The average molecular weight is 403 g/mol. The van der Waals surface area contributed by atoms with E-state index in [0.717, 1.165) is 0 Å². The Bertz CT molecular complexity index is 1110. The van der Waals surface area contributed by atoms with Crippen LogP contribution in [-0.4, -0.2) is 24.6 Å². The smallest absolute Gasteiger partial charge is 1.00 e. The van der Waals surface area contributed by atoms with E-state index in [2.05, 4.69) is 0 Å². The van der Waals surface area contributed by atoms with Gasteiger partial charge in [-0.15, -0.1) is 0 Å². The molecule has 0 bridgehead atoms. The summed E-state index contributed by atoms with van der Waals surface area (Å²) in [6.45, 7) is 0. The van der Waals surface area contributed by atoms with Crippen LogP contribution in [0, 0.1) is 0 Å². The molecule has 3 aromatic rings. The number of benzene rings is 3. The van der Waals surface area contributed by atoms with Gasteiger partial charge in [0.05, 0.1) is 11.4 Å². The standard InChI is InChI=1S/C21H17NO4S.Na.H/c23-20-21(15-27(24,25)26,16-9-3-1-4-10-16)18-13-7-8-14-19(18)22(20)17-11-5-2-6-12-17;;/h1-14H,15H2,(H,24,25,26);;/q;+1;-1. The van der Waals surface area contributed by atoms with Gasteiger partial charge in [0.1, 0.15) is 5.41 Å². The Morgan fingerprint density at radius 1 is 0.857 bits per heavy atom. The normalized spacial score (nSPS) is 18.5. The Morgan fingerprint density at radius 2 is 1.39 bits per heavy atom. The van der Waals surface area contributed by atoms with Crippen LogP contribution in [0.2, 0.25) is 0 Å². The summed E-state index contributed by atoms with van der Waals surface area (Å²) >= 11 is 0. The Balaban J connectivity index is 0.00000150. The van der Waals surface area contributed by atoms with Crippen LogP contribution in [0.25, 0.3) is 0 Å². The summed E-state index contributed by atoms with van der Waals surface area (Å²) in [7, 11) is -4.44. The van der Waals surface area contributed by atoms with E-state index in [-0.39, 0.29) is 31.0 Å². The molecule has 3 aromatic carbocycles. The van der Waals surface area contributed by atoms with Crippen LogP contribution in [0.4, 0.5) is 11.4 Å². The molecule has 1 amide bonds. The fourth-order valence-electron chi connectivity index (χ4n) is 3.78. The number of para-hydroxylation sites is 2. The molecule has 0 saturated carbocycles. The van der Waals surface area contributed by atoms with Crippen molar-refractivity contribution in [1.82, 2.24) is 0 Å². The quantitative estimate of drug-likeness (QED) is 0.513. The van der Waals surface area contributed by atoms with Crippen molar-refractivity contribution in [2.24, 2.45) is 0 Å². The van der Waals surface area contributed by atoms with Gasteiger partial charge in [-0.3, -0.25) is 14.2 Å². The number of carbonyl (C=O) groups is 1. The van der Waals surface area contributed by atoms with E-state index in [9.17, 15) is 17.8 Å². The van der Waals surface area contributed by atoms with Crippen molar-refractivity contribution in [3.63, 3.8) is 0 Å². The second kappa shape index (κ2) is 7.81. The van der Waals surface area contributed by atoms with Crippen LogP contribution in [0.15, 0.2) is 84.9 Å². The number of amides is 1. The summed E-state index contributed by atoms with van der Waals surface area (Å²) < 4.78 is 33.6. The zero-order valence-corrected chi connectivity index (χ0v) is 18.1. The minimum atomic E-state index is -4.44. The number of nitrogens with zero attached hydrogens (tertiary/aromatic N) is 1. The average Bonchev–Trinajstić information content (AvgIpc) is 2.91. The molecule has 0 aromatic heterocycles. The van der Waals surface area contributed by atoms with E-state index < -0.39 is 27.2 Å². The van der Waals surface area contributed by atoms with Crippen LogP contribution in [0.3, 0.4) is 0 Å². The van der Waals surface area contributed by atoms with Crippen molar-refractivity contribution < 1.29 is 48.7 Å². The number of hydrogen-bond acceptors (Lipinski definition) is 3. The molecule has 0 fully saturated rings. The Morgan fingerprint density at radius 3 is 2.00 bits per heavy atom. The zero-order valence-electron chi connectivity index (χ0n) is 16.3. The van der Waals surface area contributed by atoms with Crippen molar-refractivity contribution in [3.8, 4) is 0 Å². The Labute approximate surface area is 187 Å². The van der Waals surface area contributed by atoms with Crippen molar-refractivity contribution in [3.05, 3.63) is 96.1 Å². The molecule has 1 N–H and O–H groups in total. The molecule has 1 heterocycles. The molecular weight excluding hydrogens is 385 g/mol. The molecule has 1 aliphatic rings. The van der Waals surface area contributed by atoms with E-state index in [1.54, 1.807) is 66.7 Å². The van der Waals surface area contributed by atoms with Gasteiger partial charge >= 0.3 is 29.6 Å². The molecule has 1 aliphatic heterocycles. The van der Waals surface area contributed by atoms with Crippen molar-refractivity contribution in [2.45, 2.75) is 5.41 Å². The maximum absolute atomic E-state index is 13.7. The van der Waals surface area contributed by atoms with Crippen LogP contribution < -0.4 is 34.5 Å². The molecule has 0 aliphatic carbocycles. The van der Waals surface area contributed by atoms with E-state index in [0.29, 0.717) is 22.5 Å². The van der Waals surface area contributed by atoms with Crippen LogP contribution in [0.5, 0.6) is 0 Å². The minimum absolute atomic E-state index is 0. The number of carbonyl (C=O) groups excluding carboxylic acids is 1. The molecule has 138 valence electrons. The first kappa shape index (κ1) is 20.8. The first-order valence-electron chi connectivity index (χ1n) is 8.43. The zero-order chi connectivity index (χ0) is 19.1. The van der Waals surface area contributed by atoms with Gasteiger partial charge in [0.2, 0.25) is 5.91 Å². The molecule has 5 nitrogen and oxygen atoms in total. The van der Waals surface area contributed by atoms with Gasteiger partial charge in [-0.05, 0) is 29.3 Å². The van der Waals surface area contributed by atoms with Crippen molar-refractivity contribution in [1.29, 1.82) is 0 Å². The topological polar surface area (TPSA) is 74.7 Å². The van der Waals surface area contributed by atoms with Gasteiger partial charge in [-0.1, -0.05) is 66.7 Å². The minimum Gasteiger partial charge on any atom is -1.00 e. The van der Waals surface area contributed by atoms with E-state index >= 15 is 0 Å². The summed E-state index contributed by atoms with van der Waals surface area (Å²) in [5, 5.41) is 0. The molecule has 28 heavy (non-hydrogen) atoms. The fraction of sp³-hybridized carbons (Fsp3) is 0.0952. The summed E-state index contributed by atoms with van der Waals surface area (Å²) in [6, 6.07) is 24.9. The van der Waals surface area contributed by atoms with Crippen molar-refractivity contribution >= 4 is 27.4 Å². The van der Waals surface area contributed by atoms with Crippen LogP contribution in [-0.2, 0) is 20.3 Å². The summed E-state index contributed by atoms with van der Waals surface area (Å²) in [5.41, 5.74) is 0.826. The molecule has 0 spiro atoms. The fourth-order valence-corrected chi connectivity index (χ4v) is 4.77. The summed E-state index contributed by atoms with van der Waals surface area (Å²) in [5.74, 6) is -1.12. The third-order valence-electron chi connectivity index (χ3n) is 4.85. The Kier molecular flexibility index (Phi) is 5.79. The maximum Gasteiger partial charge on any atom is 1.00 e. The van der Waals surface area contributed by atoms with Crippen LogP contribution >= 0.6 is 0 Å². The van der Waals surface area contributed by atoms with Crippen LogP contribution in [0.1, 0.15) is 12.6 Å². The molecule has 1 unspecified atom stereocenters. The monoisotopic (exact) mass is 403 g/mol. The van der Waals surface area contributed by atoms with E-state index in [1.807, 2.05) is 18.2 Å². The maximum atomic E-state index is 13.7. The third kappa shape index (κ3) is 3.43. The summed E-state index contributed by atoms with van der Waals surface area (Å²) in [6.07, 6.45) is 0. The summed E-state index contributed by atoms with van der Waals surface area (Å²) in [4.78, 5) is 15.2. The molecule has 0 saturated heterocycles.